The highest BCUT2D eigenvalue weighted by atomic mass is 35.5. The van der Waals surface area contributed by atoms with Crippen molar-refractivity contribution in [3.8, 4) is 5.88 Å². The van der Waals surface area contributed by atoms with Crippen molar-refractivity contribution in [1.29, 1.82) is 0 Å². The summed E-state index contributed by atoms with van der Waals surface area (Å²) in [6, 6.07) is 21.3. The summed E-state index contributed by atoms with van der Waals surface area (Å²) in [5.74, 6) is -0.175. The standard InChI is InChI=1S/C52H61ClN8O7S/c1-34-32-60(47-27-37-16-21-54-48(37)56-50(47)68-34)45-28-40(59-24-22-58(23-25-59)33-38-15-18-51(2,3)30-43(38)36-5-7-39(53)8-6-36)9-11-42(45)49(62)57-69(65,66)41-10-12-44(46(29-41)61(63)64)55-31-35-13-19-52(20-14-35)17-4-26-67-52/h5-12,16,21,27-29,34-35,55H,4,13-15,17-20,22-26,30-33H2,1-3H3,(H,54,56)(H,57,62)/t34-,35?,52?/m1/s1. The summed E-state index contributed by atoms with van der Waals surface area (Å²) >= 11 is 6.28. The number of aromatic nitrogens is 2. The van der Waals surface area contributed by atoms with Crippen molar-refractivity contribution < 1.29 is 27.6 Å². The van der Waals surface area contributed by atoms with Crippen LogP contribution in [0.2, 0.25) is 5.02 Å². The van der Waals surface area contributed by atoms with Crippen LogP contribution in [-0.2, 0) is 14.8 Å². The number of ether oxygens (including phenoxy) is 2. The molecule has 69 heavy (non-hydrogen) atoms. The third-order valence-corrected chi connectivity index (χ3v) is 16.6. The molecule has 0 unspecified atom stereocenters. The molecule has 1 atom stereocenters. The van der Waals surface area contributed by atoms with E-state index >= 15 is 0 Å². The molecule has 15 nitrogen and oxygen atoms in total. The molecule has 1 spiro atoms. The number of rotatable bonds is 12. The Morgan fingerprint density at radius 1 is 0.971 bits per heavy atom. The number of pyridine rings is 1. The second-order valence-electron chi connectivity index (χ2n) is 20.5. The molecular weight excluding hydrogens is 916 g/mol. The molecule has 1 amide bonds. The summed E-state index contributed by atoms with van der Waals surface area (Å²) in [7, 11) is -4.58. The predicted octanol–water partition coefficient (Wildman–Crippen LogP) is 10.1. The van der Waals surface area contributed by atoms with Crippen molar-refractivity contribution in [3.63, 3.8) is 0 Å². The lowest BCUT2D eigenvalue weighted by atomic mass is 9.72. The third-order valence-electron chi connectivity index (χ3n) is 15.1. The van der Waals surface area contributed by atoms with Crippen LogP contribution in [0, 0.1) is 21.4 Å². The molecule has 1 saturated carbocycles. The van der Waals surface area contributed by atoms with Gasteiger partial charge in [-0.05, 0) is 142 Å². The molecule has 5 heterocycles. The lowest BCUT2D eigenvalue weighted by molar-refractivity contribution is -0.384. The van der Waals surface area contributed by atoms with Gasteiger partial charge in [-0.15, -0.1) is 0 Å². The van der Waals surface area contributed by atoms with Crippen molar-refractivity contribution in [2.24, 2.45) is 11.3 Å². The molecule has 3 fully saturated rings. The molecule has 10 rings (SSSR count). The average Bonchev–Trinajstić information content (AvgIpc) is 4.00. The smallest absolute Gasteiger partial charge is 0.293 e. The van der Waals surface area contributed by atoms with Crippen LogP contribution < -0.4 is 24.6 Å². The van der Waals surface area contributed by atoms with E-state index < -0.39 is 20.9 Å². The van der Waals surface area contributed by atoms with E-state index in [1.54, 1.807) is 12.3 Å². The van der Waals surface area contributed by atoms with E-state index in [1.165, 1.54) is 28.8 Å². The minimum atomic E-state index is -4.58. The maximum atomic E-state index is 14.5. The third kappa shape index (κ3) is 10.0. The fraction of sp³-hybridized carbons (Fsp3) is 0.462. The van der Waals surface area contributed by atoms with E-state index in [9.17, 15) is 23.3 Å². The zero-order valence-corrected chi connectivity index (χ0v) is 41.1. The first-order valence-corrected chi connectivity index (χ1v) is 26.2. The van der Waals surface area contributed by atoms with Crippen LogP contribution >= 0.6 is 11.6 Å². The molecule has 2 aliphatic carbocycles. The molecule has 5 aromatic rings. The van der Waals surface area contributed by atoms with E-state index in [1.807, 2.05) is 48.2 Å². The Balaban J connectivity index is 0.895. The second-order valence-corrected chi connectivity index (χ2v) is 22.6. The fourth-order valence-electron chi connectivity index (χ4n) is 11.1. The normalized spacial score (nSPS) is 23.0. The maximum Gasteiger partial charge on any atom is 0.293 e. The number of carbonyl (C=O) groups excluding carboxylic acids is 1. The average molecular weight is 978 g/mol. The number of sulfonamides is 1. The number of allylic oxidation sites excluding steroid dienone is 1. The Morgan fingerprint density at radius 2 is 1.75 bits per heavy atom. The molecule has 17 heteroatoms. The van der Waals surface area contributed by atoms with E-state index in [0.717, 1.165) is 119 Å². The largest absolute Gasteiger partial charge is 0.471 e. The van der Waals surface area contributed by atoms with Crippen LogP contribution in [0.1, 0.15) is 94.5 Å². The topological polar surface area (TPSA) is 175 Å². The first-order valence-electron chi connectivity index (χ1n) is 24.3. The van der Waals surface area contributed by atoms with Gasteiger partial charge < -0.3 is 29.6 Å². The van der Waals surface area contributed by atoms with E-state index in [2.05, 4.69) is 50.8 Å². The van der Waals surface area contributed by atoms with Crippen molar-refractivity contribution in [1.82, 2.24) is 19.6 Å². The number of hydrogen-bond acceptors (Lipinski definition) is 12. The first-order chi connectivity index (χ1) is 33.1. The summed E-state index contributed by atoms with van der Waals surface area (Å²) in [5.41, 5.74) is 6.96. The first kappa shape index (κ1) is 47.0. The van der Waals surface area contributed by atoms with Gasteiger partial charge in [-0.25, -0.2) is 13.1 Å². The van der Waals surface area contributed by atoms with Gasteiger partial charge in [0.05, 0.1) is 33.2 Å². The van der Waals surface area contributed by atoms with Crippen LogP contribution in [0.4, 0.5) is 28.4 Å². The van der Waals surface area contributed by atoms with Crippen LogP contribution in [0.25, 0.3) is 16.6 Å². The van der Waals surface area contributed by atoms with Gasteiger partial charge in [0.2, 0.25) is 5.88 Å². The number of halogens is 1. The van der Waals surface area contributed by atoms with Crippen molar-refractivity contribution >= 4 is 72.6 Å². The number of benzene rings is 3. The van der Waals surface area contributed by atoms with Gasteiger partial charge in [0.1, 0.15) is 23.1 Å². The number of nitrogens with one attached hydrogen (secondary N) is 3. The minimum absolute atomic E-state index is 0.0186. The van der Waals surface area contributed by atoms with Gasteiger partial charge in [0.25, 0.3) is 21.6 Å². The predicted molar refractivity (Wildman–Crippen MR) is 270 cm³/mol. The van der Waals surface area contributed by atoms with E-state index in [0.29, 0.717) is 41.9 Å². The highest BCUT2D eigenvalue weighted by molar-refractivity contribution is 7.90. The Morgan fingerprint density at radius 3 is 2.49 bits per heavy atom. The van der Waals surface area contributed by atoms with Crippen LogP contribution in [0.15, 0.2) is 89.5 Å². The highest BCUT2D eigenvalue weighted by Gasteiger charge is 2.39. The molecule has 364 valence electrons. The number of piperazine rings is 1. The second kappa shape index (κ2) is 18.9. The number of carbonyl (C=O) groups is 1. The Bertz CT molecular complexity index is 2900. The molecule has 3 aromatic carbocycles. The number of nitro benzene ring substituents is 1. The number of amides is 1. The number of anilines is 4. The monoisotopic (exact) mass is 976 g/mol. The number of nitro groups is 1. The molecule has 2 aromatic heterocycles. The van der Waals surface area contributed by atoms with Gasteiger partial charge in [0, 0.05) is 74.2 Å². The summed E-state index contributed by atoms with van der Waals surface area (Å²) < 4.78 is 42.7. The van der Waals surface area contributed by atoms with Crippen LogP contribution in [0.3, 0.4) is 0 Å². The quantitative estimate of drug-likeness (QED) is 0.0798. The number of hydrogen-bond donors (Lipinski definition) is 3. The summed E-state index contributed by atoms with van der Waals surface area (Å²) in [4.78, 5) is 40.6. The molecule has 0 radical (unpaired) electrons. The van der Waals surface area contributed by atoms with Crippen molar-refractivity contribution in [2.45, 2.75) is 95.2 Å². The minimum Gasteiger partial charge on any atom is -0.471 e. The number of H-pyrrole nitrogens is 1. The lowest BCUT2D eigenvalue weighted by Gasteiger charge is -2.40. The summed E-state index contributed by atoms with van der Waals surface area (Å²) in [6.07, 6.45) is 10.7. The van der Waals surface area contributed by atoms with Gasteiger partial charge in [-0.1, -0.05) is 43.2 Å². The van der Waals surface area contributed by atoms with Gasteiger partial charge in [-0.2, -0.15) is 4.98 Å². The molecular formula is C52H61ClN8O7S. The zero-order valence-electron chi connectivity index (χ0n) is 39.6. The molecule has 3 N–H and O–H groups in total. The Hall–Kier alpha value is -5.68. The van der Waals surface area contributed by atoms with E-state index in [-0.39, 0.29) is 39.0 Å². The lowest BCUT2D eigenvalue weighted by Crippen LogP contribution is -2.47. The number of aromatic amines is 1. The van der Waals surface area contributed by atoms with Crippen molar-refractivity contribution in [2.75, 3.05) is 67.5 Å². The molecule has 2 saturated heterocycles. The summed E-state index contributed by atoms with van der Waals surface area (Å²) in [6.45, 7) is 12.3. The van der Waals surface area contributed by atoms with Gasteiger partial charge in [0.15, 0.2) is 0 Å². The number of fused-ring (bicyclic) bond motifs is 2. The van der Waals surface area contributed by atoms with Crippen LogP contribution in [0.5, 0.6) is 5.88 Å². The molecule has 5 aliphatic rings. The van der Waals surface area contributed by atoms with Gasteiger partial charge in [-0.3, -0.25) is 19.8 Å². The van der Waals surface area contributed by atoms with Crippen molar-refractivity contribution in [3.05, 3.63) is 111 Å². The Labute approximate surface area is 408 Å². The fourth-order valence-corrected chi connectivity index (χ4v) is 12.2. The maximum absolute atomic E-state index is 14.5. The Kier molecular flexibility index (Phi) is 12.9. The molecule has 0 bridgehead atoms. The summed E-state index contributed by atoms with van der Waals surface area (Å²) in [5, 5.41) is 17.2. The molecule has 3 aliphatic heterocycles. The van der Waals surface area contributed by atoms with Crippen LogP contribution in [-0.4, -0.2) is 98.2 Å². The number of nitrogens with zero attached hydrogens (tertiary/aromatic N) is 5. The zero-order chi connectivity index (χ0) is 48.1. The van der Waals surface area contributed by atoms with Gasteiger partial charge >= 0.3 is 0 Å². The van der Waals surface area contributed by atoms with E-state index in [4.69, 9.17) is 26.1 Å². The highest BCUT2D eigenvalue weighted by Crippen LogP contribution is 2.45. The SMILES string of the molecule is C[C@@H]1CN(c2cc(N3CCN(CC4=C(c5ccc(Cl)cc5)CC(C)(C)CC4)CC3)ccc2C(=O)NS(=O)(=O)c2ccc(NCC3CCC4(CCCO4)CC3)c([N+](=O)[O-])c2)c2cc3cc[nH]c3nc2O1.